The van der Waals surface area contributed by atoms with Gasteiger partial charge in [0.1, 0.15) is 5.52 Å². The van der Waals surface area contributed by atoms with E-state index in [-0.39, 0.29) is 5.69 Å². The average molecular weight is 339 g/mol. The first-order valence-corrected chi connectivity index (χ1v) is 8.27. The second-order valence-corrected chi connectivity index (χ2v) is 6.69. The van der Waals surface area contributed by atoms with Gasteiger partial charge in [-0.05, 0) is 32.3 Å². The molecule has 130 valence electrons. The summed E-state index contributed by atoms with van der Waals surface area (Å²) < 4.78 is 0. The van der Waals surface area contributed by atoms with Crippen LogP contribution in [0.15, 0.2) is 36.4 Å². The number of benzene rings is 2. The molecule has 0 fully saturated rings. The minimum atomic E-state index is -0.395. The molecule has 3 aromatic rings. The molecule has 0 saturated carbocycles. The molecule has 1 aromatic heterocycles. The molecule has 0 amide bonds. The Labute approximate surface area is 146 Å². The fourth-order valence-electron chi connectivity index (χ4n) is 2.97. The van der Waals surface area contributed by atoms with Gasteiger partial charge in [0.05, 0.1) is 10.6 Å². The predicted octanol–water partition coefficient (Wildman–Crippen LogP) is 4.60. The van der Waals surface area contributed by atoms with Crippen molar-refractivity contribution in [3.05, 3.63) is 63.3 Å². The lowest BCUT2D eigenvalue weighted by Gasteiger charge is -2.11. The Morgan fingerprint density at radius 1 is 1.20 bits per heavy atom. The van der Waals surface area contributed by atoms with Crippen LogP contribution in [-0.4, -0.2) is 14.9 Å². The zero-order valence-corrected chi connectivity index (χ0v) is 14.8. The van der Waals surface area contributed by atoms with Gasteiger partial charge in [0, 0.05) is 28.6 Å². The van der Waals surface area contributed by atoms with E-state index in [0.717, 1.165) is 23.0 Å². The number of aromatic nitrogens is 2. The first kappa shape index (κ1) is 17.0. The van der Waals surface area contributed by atoms with E-state index in [1.165, 1.54) is 17.0 Å². The summed E-state index contributed by atoms with van der Waals surface area (Å²) >= 11 is 0. The molecule has 0 unspecified atom stereocenters. The number of para-hydroxylation sites is 1. The summed E-state index contributed by atoms with van der Waals surface area (Å²) in [7, 11) is 0. The Kier molecular flexibility index (Phi) is 4.44. The van der Waals surface area contributed by atoms with Crippen LogP contribution in [0.4, 0.5) is 5.69 Å². The highest BCUT2D eigenvalue weighted by Crippen LogP contribution is 2.30. The fraction of sp³-hybridized carbons (Fsp3) is 0.316. The molecule has 2 aromatic carbocycles. The average Bonchev–Trinajstić information content (AvgIpc) is 2.88. The Morgan fingerprint density at radius 2 is 1.84 bits per heavy atom. The summed E-state index contributed by atoms with van der Waals surface area (Å²) in [4.78, 5) is 18.2. The molecule has 0 radical (unpaired) electrons. The van der Waals surface area contributed by atoms with Crippen molar-refractivity contribution in [3.8, 4) is 5.75 Å². The third kappa shape index (κ3) is 3.33. The van der Waals surface area contributed by atoms with Crippen molar-refractivity contribution in [2.24, 2.45) is 5.92 Å². The lowest BCUT2D eigenvalue weighted by atomic mass is 10.1. The van der Waals surface area contributed by atoms with Crippen LogP contribution < -0.4 is 4.84 Å². The van der Waals surface area contributed by atoms with Gasteiger partial charge >= 0.3 is 0 Å². The molecule has 0 aliphatic rings. The summed E-state index contributed by atoms with van der Waals surface area (Å²) in [6.45, 7) is 7.91. The van der Waals surface area contributed by atoms with Crippen LogP contribution in [0, 0.1) is 29.9 Å². The van der Waals surface area contributed by atoms with Gasteiger partial charge in [-0.3, -0.25) is 10.1 Å². The summed E-state index contributed by atoms with van der Waals surface area (Å²) in [5.41, 5.74) is 3.35. The molecule has 3 rings (SSSR count). The van der Waals surface area contributed by atoms with Crippen molar-refractivity contribution in [1.29, 1.82) is 0 Å². The zero-order valence-electron chi connectivity index (χ0n) is 14.8. The van der Waals surface area contributed by atoms with E-state index >= 15 is 0 Å². The summed E-state index contributed by atoms with van der Waals surface area (Å²) in [6.07, 6.45) is 0.856. The van der Waals surface area contributed by atoms with E-state index in [1.54, 1.807) is 13.8 Å². The van der Waals surface area contributed by atoms with Crippen LogP contribution in [0.1, 0.15) is 30.7 Å². The first-order chi connectivity index (χ1) is 11.9. The molecular weight excluding hydrogens is 318 g/mol. The maximum Gasteiger partial charge on any atom is 0.270 e. The Balaban J connectivity index is 2.05. The molecule has 0 N–H and O–H groups in total. The molecule has 0 spiro atoms. The molecule has 6 nitrogen and oxygen atoms in total. The van der Waals surface area contributed by atoms with Crippen LogP contribution in [0.2, 0.25) is 0 Å². The number of nitrogens with zero attached hydrogens (tertiary/aromatic N) is 3. The summed E-state index contributed by atoms with van der Waals surface area (Å²) in [5, 5.41) is 16.7. The van der Waals surface area contributed by atoms with Crippen molar-refractivity contribution >= 4 is 16.6 Å². The largest absolute Gasteiger partial charge is 0.357 e. The summed E-state index contributed by atoms with van der Waals surface area (Å²) in [5.74, 6) is 1.07. The lowest BCUT2D eigenvalue weighted by Crippen LogP contribution is -2.10. The molecular formula is C19H21N3O3. The minimum absolute atomic E-state index is 0.0631. The van der Waals surface area contributed by atoms with E-state index < -0.39 is 4.92 Å². The molecule has 6 heteroatoms. The highest BCUT2D eigenvalue weighted by Gasteiger charge is 2.17. The number of hydrogen-bond acceptors (Lipinski definition) is 4. The minimum Gasteiger partial charge on any atom is -0.357 e. The van der Waals surface area contributed by atoms with Gasteiger partial charge in [-0.1, -0.05) is 36.9 Å². The van der Waals surface area contributed by atoms with E-state index in [1.807, 2.05) is 24.3 Å². The number of fused-ring (bicyclic) bond motifs is 1. The second kappa shape index (κ2) is 6.55. The molecule has 25 heavy (non-hydrogen) atoms. The SMILES string of the molecule is Cc1cc([N+](=O)[O-])cc(C)c1On1nc(CC(C)C)c2ccccc21. The highest BCUT2D eigenvalue weighted by atomic mass is 16.7. The quantitative estimate of drug-likeness (QED) is 0.503. The number of aryl methyl sites for hydroxylation is 2. The van der Waals surface area contributed by atoms with Gasteiger partial charge in [-0.2, -0.15) is 0 Å². The van der Waals surface area contributed by atoms with Crippen molar-refractivity contribution in [1.82, 2.24) is 9.94 Å². The van der Waals surface area contributed by atoms with E-state index in [0.29, 0.717) is 22.8 Å². The monoisotopic (exact) mass is 339 g/mol. The third-order valence-corrected chi connectivity index (χ3v) is 4.07. The van der Waals surface area contributed by atoms with Crippen LogP contribution >= 0.6 is 0 Å². The molecule has 0 atom stereocenters. The molecule has 0 aliphatic heterocycles. The van der Waals surface area contributed by atoms with Gasteiger partial charge in [0.25, 0.3) is 5.69 Å². The Hall–Kier alpha value is -2.89. The normalized spacial score (nSPS) is 11.2. The van der Waals surface area contributed by atoms with E-state index in [2.05, 4.69) is 18.9 Å². The summed E-state index contributed by atoms with van der Waals surface area (Å²) in [6, 6.07) is 11.0. The zero-order chi connectivity index (χ0) is 18.1. The number of non-ortho nitro benzene ring substituents is 1. The second-order valence-electron chi connectivity index (χ2n) is 6.69. The van der Waals surface area contributed by atoms with Gasteiger partial charge in [0.2, 0.25) is 0 Å². The number of hydrogen-bond donors (Lipinski definition) is 0. The van der Waals surface area contributed by atoms with Crippen molar-refractivity contribution in [3.63, 3.8) is 0 Å². The van der Waals surface area contributed by atoms with Crippen LogP contribution in [0.5, 0.6) is 5.75 Å². The topological polar surface area (TPSA) is 70.2 Å². The predicted molar refractivity (Wildman–Crippen MR) is 96.9 cm³/mol. The standard InChI is InChI=1S/C19H21N3O3/c1-12(2)9-17-16-7-5-6-8-18(16)21(20-17)25-19-13(3)10-15(22(23)24)11-14(19)4/h5-8,10-12H,9H2,1-4H3. The van der Waals surface area contributed by atoms with E-state index in [9.17, 15) is 10.1 Å². The van der Waals surface area contributed by atoms with Gasteiger partial charge in [0.15, 0.2) is 5.75 Å². The van der Waals surface area contributed by atoms with Crippen molar-refractivity contribution in [2.45, 2.75) is 34.1 Å². The number of rotatable bonds is 5. The maximum absolute atomic E-state index is 11.0. The highest BCUT2D eigenvalue weighted by molar-refractivity contribution is 5.81. The molecule has 0 bridgehead atoms. The molecule has 0 aliphatic carbocycles. The molecule has 1 heterocycles. The van der Waals surface area contributed by atoms with Crippen molar-refractivity contribution < 1.29 is 9.76 Å². The smallest absolute Gasteiger partial charge is 0.270 e. The Morgan fingerprint density at radius 3 is 2.44 bits per heavy atom. The van der Waals surface area contributed by atoms with Gasteiger partial charge in [-0.15, -0.1) is 5.10 Å². The Bertz CT molecular complexity index is 921. The maximum atomic E-state index is 11.0. The molecule has 0 saturated heterocycles. The fourth-order valence-corrected chi connectivity index (χ4v) is 2.97. The van der Waals surface area contributed by atoms with Crippen LogP contribution in [-0.2, 0) is 6.42 Å². The number of nitro benzene ring substituents is 1. The van der Waals surface area contributed by atoms with Crippen molar-refractivity contribution in [2.75, 3.05) is 0 Å². The first-order valence-electron chi connectivity index (χ1n) is 8.27. The van der Waals surface area contributed by atoms with Gasteiger partial charge < -0.3 is 4.84 Å². The van der Waals surface area contributed by atoms with Crippen LogP contribution in [0.3, 0.4) is 0 Å². The number of nitro groups is 1. The lowest BCUT2D eigenvalue weighted by molar-refractivity contribution is -0.385. The van der Waals surface area contributed by atoms with E-state index in [4.69, 9.17) is 4.84 Å². The van der Waals surface area contributed by atoms with Crippen LogP contribution in [0.25, 0.3) is 10.9 Å². The third-order valence-electron chi connectivity index (χ3n) is 4.07. The van der Waals surface area contributed by atoms with Gasteiger partial charge in [-0.25, -0.2) is 0 Å².